The maximum Gasteiger partial charge on any atom is 0.416 e. The predicted molar refractivity (Wildman–Crippen MR) is 100 cm³/mol. The highest BCUT2D eigenvalue weighted by Gasteiger charge is 2.44. The average molecular weight is 457 g/mol. The predicted octanol–water partition coefficient (Wildman–Crippen LogP) is 5.36. The first-order chi connectivity index (χ1) is 14.9. The van der Waals surface area contributed by atoms with Crippen molar-refractivity contribution in [3.63, 3.8) is 0 Å². The molecule has 4 rings (SSSR count). The summed E-state index contributed by atoms with van der Waals surface area (Å²) in [6, 6.07) is 7.58. The van der Waals surface area contributed by atoms with E-state index < -0.39 is 40.6 Å². The third-order valence-corrected chi connectivity index (χ3v) is 5.79. The largest absolute Gasteiger partial charge is 0.486 e. The Labute approximate surface area is 178 Å². The maximum absolute atomic E-state index is 13.1. The van der Waals surface area contributed by atoms with Crippen molar-refractivity contribution >= 4 is 11.7 Å². The van der Waals surface area contributed by atoms with Crippen LogP contribution in [0.2, 0.25) is 0 Å². The lowest BCUT2D eigenvalue weighted by molar-refractivity contribution is -0.143. The Morgan fingerprint density at radius 2 is 1.47 bits per heavy atom. The van der Waals surface area contributed by atoms with E-state index in [1.807, 2.05) is 0 Å². The number of hydrogen-bond donors (Lipinski definition) is 0. The maximum atomic E-state index is 13.1. The fraction of sp³-hybridized carbons (Fsp3) is 0.364. The number of likely N-dealkylation sites (tertiary alicyclic amines) is 1. The summed E-state index contributed by atoms with van der Waals surface area (Å²) in [5.74, 6) is -0.616. The molecule has 1 amide bonds. The number of piperidine rings is 1. The van der Waals surface area contributed by atoms with Crippen molar-refractivity contribution in [1.82, 2.24) is 4.90 Å². The highest BCUT2D eigenvalue weighted by atomic mass is 19.4. The van der Waals surface area contributed by atoms with Crippen LogP contribution in [0.4, 0.5) is 26.3 Å². The van der Waals surface area contributed by atoms with E-state index in [1.165, 1.54) is 4.90 Å². The lowest BCUT2D eigenvalue weighted by atomic mass is 9.82. The van der Waals surface area contributed by atoms with Gasteiger partial charge in [-0.3, -0.25) is 9.59 Å². The van der Waals surface area contributed by atoms with E-state index in [0.717, 1.165) is 0 Å². The molecule has 1 saturated heterocycles. The van der Waals surface area contributed by atoms with E-state index >= 15 is 0 Å². The molecule has 0 unspecified atom stereocenters. The molecular formula is C22H17F6NO3. The Kier molecular flexibility index (Phi) is 5.21. The highest BCUT2D eigenvalue weighted by Crippen LogP contribution is 2.40. The van der Waals surface area contributed by atoms with Crippen LogP contribution >= 0.6 is 0 Å². The number of ether oxygens (including phenoxy) is 1. The number of halogens is 6. The Balaban J connectivity index is 1.55. The van der Waals surface area contributed by atoms with Crippen molar-refractivity contribution < 1.29 is 40.7 Å². The minimum absolute atomic E-state index is 0.0130. The molecule has 2 aromatic rings. The van der Waals surface area contributed by atoms with Crippen LogP contribution in [0.15, 0.2) is 42.5 Å². The van der Waals surface area contributed by atoms with Gasteiger partial charge in [-0.05, 0) is 30.3 Å². The van der Waals surface area contributed by atoms with Crippen molar-refractivity contribution in [2.24, 2.45) is 0 Å². The molecule has 0 radical (unpaired) electrons. The molecule has 1 spiro atoms. The molecule has 0 aromatic heterocycles. The van der Waals surface area contributed by atoms with Crippen LogP contribution in [0.3, 0.4) is 0 Å². The molecule has 4 nitrogen and oxygen atoms in total. The fourth-order valence-corrected chi connectivity index (χ4v) is 4.10. The first kappa shape index (κ1) is 22.2. The highest BCUT2D eigenvalue weighted by molar-refractivity contribution is 6.00. The van der Waals surface area contributed by atoms with Crippen molar-refractivity contribution in [3.05, 3.63) is 64.7 Å². The second-order valence-electron chi connectivity index (χ2n) is 7.97. The van der Waals surface area contributed by atoms with E-state index in [4.69, 9.17) is 4.74 Å². The number of fused-ring (bicyclic) bond motifs is 1. The summed E-state index contributed by atoms with van der Waals surface area (Å²) in [7, 11) is 0. The molecule has 32 heavy (non-hydrogen) atoms. The minimum atomic E-state index is -5.04. The van der Waals surface area contributed by atoms with Crippen LogP contribution in [0, 0.1) is 0 Å². The normalized spacial score (nSPS) is 18.3. The van der Waals surface area contributed by atoms with E-state index in [2.05, 4.69) is 0 Å². The van der Waals surface area contributed by atoms with Crippen LogP contribution in [-0.2, 0) is 12.4 Å². The number of nitrogens with zero attached hydrogens (tertiary/aromatic N) is 1. The molecule has 2 aliphatic heterocycles. The van der Waals surface area contributed by atoms with Crippen LogP contribution < -0.4 is 4.74 Å². The zero-order valence-corrected chi connectivity index (χ0v) is 16.5. The van der Waals surface area contributed by atoms with Crippen molar-refractivity contribution in [3.8, 4) is 5.75 Å². The summed E-state index contributed by atoms with van der Waals surface area (Å²) in [6.07, 6.45) is -9.53. The first-order valence-electron chi connectivity index (χ1n) is 9.78. The Morgan fingerprint density at radius 3 is 2.03 bits per heavy atom. The zero-order valence-electron chi connectivity index (χ0n) is 16.5. The van der Waals surface area contributed by atoms with Gasteiger partial charge in [0.15, 0.2) is 5.78 Å². The van der Waals surface area contributed by atoms with Gasteiger partial charge in [-0.15, -0.1) is 0 Å². The number of alkyl halides is 6. The summed E-state index contributed by atoms with van der Waals surface area (Å²) >= 11 is 0. The van der Waals surface area contributed by atoms with Gasteiger partial charge in [0.2, 0.25) is 0 Å². The Bertz CT molecular complexity index is 1040. The van der Waals surface area contributed by atoms with E-state index in [9.17, 15) is 35.9 Å². The summed E-state index contributed by atoms with van der Waals surface area (Å²) in [4.78, 5) is 26.5. The third kappa shape index (κ3) is 4.18. The number of hydrogen-bond acceptors (Lipinski definition) is 3. The van der Waals surface area contributed by atoms with E-state index in [1.54, 1.807) is 24.3 Å². The molecule has 2 aliphatic rings. The standard InChI is InChI=1S/C22H17F6NO3/c23-21(24,25)14-9-13(10-15(11-14)22(26,27)28)19(31)29-7-5-20(6-8-29)12-17(30)16-3-1-2-4-18(16)32-20/h1-4,9-11H,5-8,12H2. The third-order valence-electron chi connectivity index (χ3n) is 5.79. The first-order valence-corrected chi connectivity index (χ1v) is 9.78. The summed E-state index contributed by atoms with van der Waals surface area (Å²) in [5, 5.41) is 0. The van der Waals surface area contributed by atoms with Gasteiger partial charge in [0.1, 0.15) is 11.4 Å². The summed E-state index contributed by atoms with van der Waals surface area (Å²) < 4.78 is 84.6. The van der Waals surface area contributed by atoms with Crippen LogP contribution in [0.1, 0.15) is 51.1 Å². The molecule has 0 bridgehead atoms. The average Bonchev–Trinajstić information content (AvgIpc) is 2.72. The number of ketones is 1. The van der Waals surface area contributed by atoms with Crippen LogP contribution in [-0.4, -0.2) is 35.3 Å². The molecule has 2 aromatic carbocycles. The van der Waals surface area contributed by atoms with Crippen LogP contribution in [0.25, 0.3) is 0 Å². The van der Waals surface area contributed by atoms with Crippen LogP contribution in [0.5, 0.6) is 5.75 Å². The molecular weight excluding hydrogens is 440 g/mol. The fourth-order valence-electron chi connectivity index (χ4n) is 4.10. The van der Waals surface area contributed by atoms with E-state index in [0.29, 0.717) is 23.4 Å². The van der Waals surface area contributed by atoms with Gasteiger partial charge < -0.3 is 9.64 Å². The molecule has 0 N–H and O–H groups in total. The van der Waals surface area contributed by atoms with E-state index in [-0.39, 0.29) is 44.2 Å². The van der Waals surface area contributed by atoms with Gasteiger partial charge in [-0.2, -0.15) is 26.3 Å². The number of carbonyl (C=O) groups excluding carboxylic acids is 2. The van der Waals surface area contributed by atoms with Crippen molar-refractivity contribution in [2.75, 3.05) is 13.1 Å². The van der Waals surface area contributed by atoms with Gasteiger partial charge >= 0.3 is 12.4 Å². The van der Waals surface area contributed by atoms with Gasteiger partial charge in [0.25, 0.3) is 5.91 Å². The number of Topliss-reactive ketones (excluding diaryl/α,β-unsaturated/α-hetero) is 1. The summed E-state index contributed by atoms with van der Waals surface area (Å²) in [5.41, 5.74) is -4.16. The van der Waals surface area contributed by atoms with Crippen molar-refractivity contribution in [1.29, 1.82) is 0 Å². The molecule has 10 heteroatoms. The smallest absolute Gasteiger partial charge is 0.416 e. The van der Waals surface area contributed by atoms with Gasteiger partial charge in [-0.25, -0.2) is 0 Å². The lowest BCUT2D eigenvalue weighted by Crippen LogP contribution is -2.52. The Morgan fingerprint density at radius 1 is 0.906 bits per heavy atom. The van der Waals surface area contributed by atoms with Gasteiger partial charge in [0.05, 0.1) is 23.1 Å². The lowest BCUT2D eigenvalue weighted by Gasteiger charge is -2.44. The molecule has 0 atom stereocenters. The van der Waals surface area contributed by atoms with Gasteiger partial charge in [-0.1, -0.05) is 12.1 Å². The molecule has 0 aliphatic carbocycles. The number of para-hydroxylation sites is 1. The molecule has 0 saturated carbocycles. The second kappa shape index (κ2) is 7.53. The number of rotatable bonds is 1. The quantitative estimate of drug-likeness (QED) is 0.542. The molecule has 2 heterocycles. The topological polar surface area (TPSA) is 46.6 Å². The number of amides is 1. The minimum Gasteiger partial charge on any atom is -0.486 e. The SMILES string of the molecule is O=C1CC2(CCN(C(=O)c3cc(C(F)(F)F)cc(C(F)(F)F)c3)CC2)Oc2ccccc21. The summed E-state index contributed by atoms with van der Waals surface area (Å²) in [6.45, 7) is 0.0672. The van der Waals surface area contributed by atoms with Crippen molar-refractivity contribution in [2.45, 2.75) is 37.2 Å². The number of benzene rings is 2. The second-order valence-corrected chi connectivity index (χ2v) is 7.97. The number of carbonyl (C=O) groups is 2. The molecule has 170 valence electrons. The van der Waals surface area contributed by atoms with Gasteiger partial charge in [0, 0.05) is 31.5 Å². The molecule has 1 fully saturated rings. The monoisotopic (exact) mass is 457 g/mol. The zero-order chi connectivity index (χ0) is 23.3. The Hall–Kier alpha value is -3.04.